The van der Waals surface area contributed by atoms with Crippen LogP contribution in [0.25, 0.3) is 0 Å². The van der Waals surface area contributed by atoms with Gasteiger partial charge in [-0.2, -0.15) is 0 Å². The van der Waals surface area contributed by atoms with Crippen LogP contribution < -0.4 is 4.74 Å². The maximum atomic E-state index is 13.5. The molecule has 0 amide bonds. The number of rotatable bonds is 6. The molecule has 1 aromatic carbocycles. The minimum absolute atomic E-state index is 0.298. The average Bonchev–Trinajstić information content (AvgIpc) is 2.59. The minimum Gasteiger partial charge on any atom is -0.489 e. The summed E-state index contributed by atoms with van der Waals surface area (Å²) in [7, 11) is 0. The van der Waals surface area contributed by atoms with E-state index in [4.69, 9.17) is 4.74 Å². The van der Waals surface area contributed by atoms with Gasteiger partial charge in [0.2, 0.25) is 0 Å². The quantitative estimate of drug-likeness (QED) is 0.818. The van der Waals surface area contributed by atoms with Crippen molar-refractivity contribution < 1.29 is 9.13 Å². The molecule has 23 heavy (non-hydrogen) atoms. The fourth-order valence-electron chi connectivity index (χ4n) is 2.74. The van der Waals surface area contributed by atoms with E-state index in [0.29, 0.717) is 12.4 Å². The first-order valence-corrected chi connectivity index (χ1v) is 8.03. The van der Waals surface area contributed by atoms with Gasteiger partial charge in [-0.3, -0.25) is 14.8 Å². The molecule has 1 aromatic heterocycles. The van der Waals surface area contributed by atoms with E-state index in [1.54, 1.807) is 18.2 Å². The monoisotopic (exact) mass is 315 g/mol. The number of ether oxygens (including phenoxy) is 1. The van der Waals surface area contributed by atoms with E-state index >= 15 is 0 Å². The van der Waals surface area contributed by atoms with Gasteiger partial charge in [-0.15, -0.1) is 0 Å². The molecular formula is C18H22FN3O. The Morgan fingerprint density at radius 3 is 2.43 bits per heavy atom. The summed E-state index contributed by atoms with van der Waals surface area (Å²) >= 11 is 0. The predicted molar refractivity (Wildman–Crippen MR) is 87.8 cm³/mol. The summed E-state index contributed by atoms with van der Waals surface area (Å²) in [6, 6.07) is 12.6. The highest BCUT2D eigenvalue weighted by molar-refractivity contribution is 5.23. The molecule has 2 heterocycles. The first-order chi connectivity index (χ1) is 11.3. The maximum Gasteiger partial charge on any atom is 0.165 e. The Hall–Kier alpha value is -1.98. The van der Waals surface area contributed by atoms with Gasteiger partial charge in [0.05, 0.1) is 5.69 Å². The summed E-state index contributed by atoms with van der Waals surface area (Å²) in [5.74, 6) is 0.0361. The van der Waals surface area contributed by atoms with Crippen molar-refractivity contribution in [3.05, 3.63) is 60.2 Å². The van der Waals surface area contributed by atoms with E-state index in [1.165, 1.54) is 6.07 Å². The lowest BCUT2D eigenvalue weighted by Crippen LogP contribution is -2.47. The van der Waals surface area contributed by atoms with Crippen molar-refractivity contribution in [2.24, 2.45) is 0 Å². The molecule has 3 rings (SSSR count). The largest absolute Gasteiger partial charge is 0.489 e. The van der Waals surface area contributed by atoms with Crippen molar-refractivity contribution in [1.29, 1.82) is 0 Å². The second-order valence-electron chi connectivity index (χ2n) is 5.72. The molecule has 1 saturated heterocycles. The molecule has 0 spiro atoms. The summed E-state index contributed by atoms with van der Waals surface area (Å²) < 4.78 is 19.0. The van der Waals surface area contributed by atoms with Crippen LogP contribution in [0.5, 0.6) is 5.75 Å². The number of piperazine rings is 1. The number of aromatic nitrogens is 1. The predicted octanol–water partition coefficient (Wildman–Crippen LogP) is 2.42. The summed E-state index contributed by atoms with van der Waals surface area (Å²) in [6.45, 7) is 6.31. The van der Waals surface area contributed by atoms with Crippen molar-refractivity contribution >= 4 is 0 Å². The highest BCUT2D eigenvalue weighted by Gasteiger charge is 2.17. The molecular weight excluding hydrogens is 293 g/mol. The first kappa shape index (κ1) is 15.9. The second kappa shape index (κ2) is 8.04. The molecule has 4 nitrogen and oxygen atoms in total. The van der Waals surface area contributed by atoms with Crippen molar-refractivity contribution in [2.45, 2.75) is 6.54 Å². The Balaban J connectivity index is 1.37. The number of hydrogen-bond donors (Lipinski definition) is 0. The molecule has 0 N–H and O–H groups in total. The fourth-order valence-corrected chi connectivity index (χ4v) is 2.74. The molecule has 0 saturated carbocycles. The van der Waals surface area contributed by atoms with Crippen molar-refractivity contribution in [3.63, 3.8) is 0 Å². The van der Waals surface area contributed by atoms with Crippen LogP contribution in [0.15, 0.2) is 48.7 Å². The molecule has 5 heteroatoms. The van der Waals surface area contributed by atoms with E-state index in [9.17, 15) is 4.39 Å². The van der Waals surface area contributed by atoms with Gasteiger partial charge in [0, 0.05) is 45.5 Å². The summed E-state index contributed by atoms with van der Waals surface area (Å²) in [6.07, 6.45) is 1.84. The van der Waals surface area contributed by atoms with E-state index < -0.39 is 0 Å². The van der Waals surface area contributed by atoms with E-state index in [1.807, 2.05) is 18.3 Å². The molecule has 0 aliphatic carbocycles. The third-order valence-electron chi connectivity index (χ3n) is 4.08. The lowest BCUT2D eigenvalue weighted by Gasteiger charge is -2.34. The minimum atomic E-state index is -0.298. The normalized spacial score (nSPS) is 16.4. The number of nitrogens with zero attached hydrogens (tertiary/aromatic N) is 3. The Morgan fingerprint density at radius 1 is 0.957 bits per heavy atom. The molecule has 0 radical (unpaired) electrons. The highest BCUT2D eigenvalue weighted by atomic mass is 19.1. The first-order valence-electron chi connectivity index (χ1n) is 8.03. The Labute approximate surface area is 136 Å². The molecule has 122 valence electrons. The zero-order chi connectivity index (χ0) is 15.9. The van der Waals surface area contributed by atoms with Crippen molar-refractivity contribution in [1.82, 2.24) is 14.8 Å². The number of halogens is 1. The lowest BCUT2D eigenvalue weighted by molar-refractivity contribution is 0.111. The Bertz CT molecular complexity index is 600. The molecule has 0 bridgehead atoms. The molecule has 2 aromatic rings. The molecule has 0 unspecified atom stereocenters. The lowest BCUT2D eigenvalue weighted by atomic mass is 10.2. The fraction of sp³-hybridized carbons (Fsp3) is 0.389. The van der Waals surface area contributed by atoms with Crippen LogP contribution in [0.3, 0.4) is 0 Å². The van der Waals surface area contributed by atoms with Crippen molar-refractivity contribution in [3.8, 4) is 5.75 Å². The standard InChI is InChI=1S/C18H22FN3O/c19-17-6-1-2-7-18(17)23-14-13-21-9-11-22(12-10-21)15-16-5-3-4-8-20-16/h1-8H,9-15H2. The van der Waals surface area contributed by atoms with E-state index in [2.05, 4.69) is 20.9 Å². The molecule has 1 aliphatic rings. The number of pyridine rings is 1. The molecule has 0 atom stereocenters. The number of para-hydroxylation sites is 1. The van der Waals surface area contributed by atoms with Gasteiger partial charge in [0.1, 0.15) is 6.61 Å². The van der Waals surface area contributed by atoms with Crippen LogP contribution in [0, 0.1) is 5.82 Å². The zero-order valence-corrected chi connectivity index (χ0v) is 13.2. The van der Waals surface area contributed by atoms with Crippen LogP contribution in [0.4, 0.5) is 4.39 Å². The van der Waals surface area contributed by atoms with E-state index in [0.717, 1.165) is 45.0 Å². The Kier molecular flexibility index (Phi) is 5.56. The third kappa shape index (κ3) is 4.74. The second-order valence-corrected chi connectivity index (χ2v) is 5.72. The van der Waals surface area contributed by atoms with Gasteiger partial charge < -0.3 is 4.74 Å². The smallest absolute Gasteiger partial charge is 0.165 e. The topological polar surface area (TPSA) is 28.6 Å². The third-order valence-corrected chi connectivity index (χ3v) is 4.08. The summed E-state index contributed by atoms with van der Waals surface area (Å²) in [5.41, 5.74) is 1.11. The van der Waals surface area contributed by atoms with Gasteiger partial charge >= 0.3 is 0 Å². The summed E-state index contributed by atoms with van der Waals surface area (Å²) in [5, 5.41) is 0. The number of benzene rings is 1. The average molecular weight is 315 g/mol. The van der Waals surface area contributed by atoms with Crippen LogP contribution in [-0.2, 0) is 6.54 Å². The number of hydrogen-bond acceptors (Lipinski definition) is 4. The van der Waals surface area contributed by atoms with Crippen LogP contribution in [-0.4, -0.2) is 54.1 Å². The van der Waals surface area contributed by atoms with Gasteiger partial charge in [0.25, 0.3) is 0 Å². The van der Waals surface area contributed by atoms with Crippen molar-refractivity contribution in [2.75, 3.05) is 39.3 Å². The van der Waals surface area contributed by atoms with Gasteiger partial charge in [-0.25, -0.2) is 4.39 Å². The van der Waals surface area contributed by atoms with Crippen LogP contribution in [0.2, 0.25) is 0 Å². The zero-order valence-electron chi connectivity index (χ0n) is 13.2. The Morgan fingerprint density at radius 2 is 1.70 bits per heavy atom. The highest BCUT2D eigenvalue weighted by Crippen LogP contribution is 2.15. The molecule has 1 aliphatic heterocycles. The van der Waals surface area contributed by atoms with Crippen LogP contribution >= 0.6 is 0 Å². The maximum absolute atomic E-state index is 13.5. The SMILES string of the molecule is Fc1ccccc1OCCN1CCN(Cc2ccccn2)CC1. The van der Waals surface area contributed by atoms with E-state index in [-0.39, 0.29) is 5.82 Å². The molecule has 1 fully saturated rings. The van der Waals surface area contributed by atoms with Gasteiger partial charge in [-0.1, -0.05) is 18.2 Å². The van der Waals surface area contributed by atoms with Crippen LogP contribution in [0.1, 0.15) is 5.69 Å². The summed E-state index contributed by atoms with van der Waals surface area (Å²) in [4.78, 5) is 9.14. The van der Waals surface area contributed by atoms with Gasteiger partial charge in [-0.05, 0) is 24.3 Å². The van der Waals surface area contributed by atoms with Gasteiger partial charge in [0.15, 0.2) is 11.6 Å².